The second kappa shape index (κ2) is 18.5. The quantitative estimate of drug-likeness (QED) is 0.0541. The third-order valence-electron chi connectivity index (χ3n) is 9.39. The van der Waals surface area contributed by atoms with Gasteiger partial charge in [0.1, 0.15) is 61.0 Å². The molecule has 0 unspecified atom stereocenters. The van der Waals surface area contributed by atoms with Crippen LogP contribution in [0.2, 0.25) is 0 Å². The normalized spacial score (nSPS) is 36.9. The second-order valence-corrected chi connectivity index (χ2v) is 13.2. The average Bonchev–Trinajstić information content (AvgIpc) is 3.16. The maximum Gasteiger partial charge on any atom is 0.331 e. The third-order valence-corrected chi connectivity index (χ3v) is 9.39. The number of hydrogen-bond acceptors (Lipinski definition) is 20. The van der Waals surface area contributed by atoms with Crippen molar-refractivity contribution in [3.63, 3.8) is 0 Å². The highest BCUT2D eigenvalue weighted by atomic mass is 16.8. The molecular weight excluding hydrogens is 740 g/mol. The summed E-state index contributed by atoms with van der Waals surface area (Å²) < 4.78 is 40.2. The average molecular weight is 787 g/mol. The van der Waals surface area contributed by atoms with Crippen molar-refractivity contribution in [2.75, 3.05) is 19.8 Å². The third kappa shape index (κ3) is 9.82. The lowest BCUT2D eigenvalue weighted by Gasteiger charge is -2.48. The van der Waals surface area contributed by atoms with Gasteiger partial charge in [0.2, 0.25) is 0 Å². The van der Waals surface area contributed by atoms with E-state index in [2.05, 4.69) is 0 Å². The monoisotopic (exact) mass is 786 g/mol. The van der Waals surface area contributed by atoms with E-state index in [-0.39, 0.29) is 30.1 Å². The lowest BCUT2D eigenvalue weighted by Crippen LogP contribution is -2.66. The first kappa shape index (κ1) is 42.4. The van der Waals surface area contributed by atoms with Crippen LogP contribution in [0.3, 0.4) is 0 Å². The highest BCUT2D eigenvalue weighted by Crippen LogP contribution is 2.35. The first-order valence-corrected chi connectivity index (χ1v) is 17.2. The molecule has 0 amide bonds. The van der Waals surface area contributed by atoms with Crippen LogP contribution in [0, 0.1) is 0 Å². The van der Waals surface area contributed by atoms with E-state index in [1.54, 1.807) is 0 Å². The van der Waals surface area contributed by atoms with Gasteiger partial charge in [0, 0.05) is 6.08 Å². The van der Waals surface area contributed by atoms with Crippen molar-refractivity contribution < 1.29 is 99.2 Å². The summed E-state index contributed by atoms with van der Waals surface area (Å²) in [5.74, 6) is -2.65. The number of phenols is 4. The molecule has 20 nitrogen and oxygen atoms in total. The van der Waals surface area contributed by atoms with Crippen LogP contribution in [0.1, 0.15) is 18.1 Å². The summed E-state index contributed by atoms with van der Waals surface area (Å²) in [5, 5.41) is 123. The Balaban J connectivity index is 1.41. The molecule has 3 fully saturated rings. The fourth-order valence-electron chi connectivity index (χ4n) is 6.22. The Kier molecular flexibility index (Phi) is 14.3. The summed E-state index contributed by atoms with van der Waals surface area (Å²) in [6.45, 7) is -0.439. The maximum atomic E-state index is 13.1. The highest BCUT2D eigenvalue weighted by Gasteiger charge is 2.54. The van der Waals surface area contributed by atoms with Gasteiger partial charge in [-0.1, -0.05) is 12.1 Å². The van der Waals surface area contributed by atoms with Crippen molar-refractivity contribution in [3.8, 4) is 23.0 Å². The number of carbonyl (C=O) groups is 1. The molecule has 306 valence electrons. The molecule has 0 bridgehead atoms. The number of benzene rings is 2. The zero-order valence-corrected chi connectivity index (χ0v) is 29.2. The summed E-state index contributed by atoms with van der Waals surface area (Å²) >= 11 is 0. The first-order valence-electron chi connectivity index (χ1n) is 17.2. The van der Waals surface area contributed by atoms with E-state index in [0.29, 0.717) is 5.56 Å². The number of carbonyl (C=O) groups excluding carboxylic acids is 1. The van der Waals surface area contributed by atoms with Crippen molar-refractivity contribution in [1.82, 2.24) is 0 Å². The van der Waals surface area contributed by atoms with Gasteiger partial charge in [0.25, 0.3) is 0 Å². The number of rotatable bonds is 13. The van der Waals surface area contributed by atoms with Crippen LogP contribution in [0.15, 0.2) is 42.5 Å². The number of ether oxygens (including phenoxy) is 7. The van der Waals surface area contributed by atoms with Gasteiger partial charge in [-0.25, -0.2) is 4.79 Å². The van der Waals surface area contributed by atoms with E-state index in [4.69, 9.17) is 33.2 Å². The van der Waals surface area contributed by atoms with Gasteiger partial charge < -0.3 is 94.4 Å². The van der Waals surface area contributed by atoms with Gasteiger partial charge in [-0.05, 0) is 54.8 Å². The molecule has 55 heavy (non-hydrogen) atoms. The molecule has 5 rings (SSSR count). The smallest absolute Gasteiger partial charge is 0.331 e. The minimum Gasteiger partial charge on any atom is -0.504 e. The van der Waals surface area contributed by atoms with E-state index in [1.165, 1.54) is 43.3 Å². The predicted molar refractivity (Wildman–Crippen MR) is 180 cm³/mol. The Morgan fingerprint density at radius 2 is 1.29 bits per heavy atom. The Morgan fingerprint density at radius 1 is 0.655 bits per heavy atom. The summed E-state index contributed by atoms with van der Waals surface area (Å²) in [7, 11) is 0. The minimum atomic E-state index is -1.95. The molecule has 0 aromatic heterocycles. The van der Waals surface area contributed by atoms with Crippen LogP contribution < -0.4 is 0 Å². The SMILES string of the molecule is C[C@@H]1O[C@@H](O[C@@H]2[C@@H](O)[C@H](OCCc3ccc(O)c(O)c3)O[C@H](CO)[C@H]2OC(=O)/C=C/c2ccc(O)c(O)c2)[C@H](O[C@@H]2O[C@H](CO)[C@@H](O)[C@H](O)[C@H]2O)[C@H](O)[C@H]1O. The Hall–Kier alpha value is -3.71. The zero-order chi connectivity index (χ0) is 40.1. The standard InChI is InChI=1S/C35H46O20/c1-14-24(43)27(46)32(55-34-28(47)26(45)25(44)21(12-36)51-34)35(50-14)54-31-29(48)33(49-9-8-16-3-6-18(39)20(41)11-16)52-22(13-37)30(31)53-23(42)7-4-15-2-5-17(38)19(40)10-15/h2-7,10-11,14,21-22,24-41,43-48H,8-9,12-13H2,1H3/b7-4+/t14-,21+,22+,24-,25+,26-,27+,28+,29+,30+,31+,32+,33+,34-,35-/m0/s1. The number of aliphatic hydroxyl groups excluding tert-OH is 8. The largest absolute Gasteiger partial charge is 0.504 e. The Labute approximate surface area is 313 Å². The molecule has 2 aromatic rings. The zero-order valence-electron chi connectivity index (χ0n) is 29.2. The second-order valence-electron chi connectivity index (χ2n) is 13.2. The molecular formula is C35H46O20. The van der Waals surface area contributed by atoms with Crippen molar-refractivity contribution >= 4 is 12.0 Å². The fourth-order valence-corrected chi connectivity index (χ4v) is 6.22. The molecule has 3 aliphatic heterocycles. The number of aromatic hydroxyl groups is 4. The number of hydrogen-bond donors (Lipinski definition) is 12. The van der Waals surface area contributed by atoms with Gasteiger partial charge in [0.05, 0.1) is 25.9 Å². The van der Waals surface area contributed by atoms with Crippen molar-refractivity contribution in [1.29, 1.82) is 0 Å². The highest BCUT2D eigenvalue weighted by molar-refractivity contribution is 5.87. The molecule has 2 aromatic carbocycles. The summed E-state index contributed by atoms with van der Waals surface area (Å²) in [4.78, 5) is 13.1. The molecule has 3 heterocycles. The maximum absolute atomic E-state index is 13.1. The van der Waals surface area contributed by atoms with E-state index in [0.717, 1.165) is 12.1 Å². The fraction of sp³-hybridized carbons (Fsp3) is 0.571. The van der Waals surface area contributed by atoms with Crippen LogP contribution in [0.4, 0.5) is 0 Å². The summed E-state index contributed by atoms with van der Waals surface area (Å²) in [5.41, 5.74) is 0.803. The molecule has 12 N–H and O–H groups in total. The number of phenolic OH excluding ortho intramolecular Hbond substituents is 4. The van der Waals surface area contributed by atoms with Crippen molar-refractivity contribution in [3.05, 3.63) is 53.6 Å². The van der Waals surface area contributed by atoms with E-state index < -0.39 is 123 Å². The lowest BCUT2D eigenvalue weighted by molar-refractivity contribution is -0.386. The van der Waals surface area contributed by atoms with Gasteiger partial charge in [0.15, 0.2) is 48.0 Å². The Bertz CT molecular complexity index is 1610. The topological polar surface area (TPSA) is 324 Å². The molecule has 3 saturated heterocycles. The number of aliphatic hydroxyl groups is 8. The van der Waals surface area contributed by atoms with E-state index >= 15 is 0 Å². The van der Waals surface area contributed by atoms with Gasteiger partial charge >= 0.3 is 5.97 Å². The van der Waals surface area contributed by atoms with Crippen LogP contribution in [0.25, 0.3) is 6.08 Å². The van der Waals surface area contributed by atoms with Gasteiger partial charge in [-0.2, -0.15) is 0 Å². The van der Waals surface area contributed by atoms with Gasteiger partial charge in [-0.15, -0.1) is 0 Å². The van der Waals surface area contributed by atoms with Crippen molar-refractivity contribution in [2.24, 2.45) is 0 Å². The van der Waals surface area contributed by atoms with Crippen molar-refractivity contribution in [2.45, 2.75) is 105 Å². The molecule has 3 aliphatic rings. The summed E-state index contributed by atoms with van der Waals surface area (Å²) in [6, 6.07) is 7.79. The van der Waals surface area contributed by atoms with Crippen LogP contribution in [-0.2, 0) is 44.4 Å². The molecule has 0 aliphatic carbocycles. The predicted octanol–water partition coefficient (Wildman–Crippen LogP) is -3.19. The van der Waals surface area contributed by atoms with E-state index in [9.17, 15) is 66.1 Å². The molecule has 0 spiro atoms. The minimum absolute atomic E-state index is 0.133. The van der Waals surface area contributed by atoms with Crippen LogP contribution in [-0.4, -0.2) is 179 Å². The molecule has 0 saturated carbocycles. The molecule has 20 heteroatoms. The molecule has 0 radical (unpaired) electrons. The summed E-state index contributed by atoms with van der Waals surface area (Å²) in [6.07, 6.45) is -23.1. The first-order chi connectivity index (χ1) is 26.1. The van der Waals surface area contributed by atoms with Crippen LogP contribution in [0.5, 0.6) is 23.0 Å². The lowest BCUT2D eigenvalue weighted by atomic mass is 9.96. The molecule has 15 atom stereocenters. The number of esters is 1. The van der Waals surface area contributed by atoms with Crippen LogP contribution >= 0.6 is 0 Å². The van der Waals surface area contributed by atoms with Gasteiger partial charge in [-0.3, -0.25) is 0 Å². The Morgan fingerprint density at radius 3 is 1.95 bits per heavy atom. The van der Waals surface area contributed by atoms with E-state index in [1.807, 2.05) is 0 Å².